The van der Waals surface area contributed by atoms with Crippen LogP contribution in [-0.4, -0.2) is 5.91 Å². The van der Waals surface area contributed by atoms with Gasteiger partial charge in [-0.15, -0.1) is 0 Å². The summed E-state index contributed by atoms with van der Waals surface area (Å²) in [5.74, 6) is -0.310. The van der Waals surface area contributed by atoms with Gasteiger partial charge in [0.05, 0.1) is 0 Å². The van der Waals surface area contributed by atoms with Gasteiger partial charge in [0.15, 0.2) is 0 Å². The molecule has 12 heavy (non-hydrogen) atoms. The van der Waals surface area contributed by atoms with Crippen LogP contribution in [0.15, 0.2) is 24.3 Å². The molecule has 0 saturated carbocycles. The molecule has 3 nitrogen and oxygen atoms in total. The van der Waals surface area contributed by atoms with Crippen LogP contribution < -0.4 is 11.1 Å². The van der Waals surface area contributed by atoms with Crippen molar-refractivity contribution in [2.45, 2.75) is 6.54 Å². The van der Waals surface area contributed by atoms with Gasteiger partial charge in [-0.3, -0.25) is 4.79 Å². The minimum absolute atomic E-state index is 0.310. The van der Waals surface area contributed by atoms with E-state index >= 15 is 0 Å². The first kappa shape index (κ1) is 8.74. The third-order valence-corrected chi connectivity index (χ3v) is 1.47. The Kier molecular flexibility index (Phi) is 2.82. The van der Waals surface area contributed by atoms with E-state index in [0.717, 1.165) is 11.3 Å². The van der Waals surface area contributed by atoms with E-state index in [1.807, 2.05) is 12.1 Å². The highest BCUT2D eigenvalue weighted by molar-refractivity contribution is 5.93. The third-order valence-electron chi connectivity index (χ3n) is 1.47. The highest BCUT2D eigenvalue weighted by atomic mass is 16.1. The van der Waals surface area contributed by atoms with Crippen LogP contribution in [0.25, 0.3) is 0 Å². The molecule has 1 amide bonds. The molecule has 1 aromatic carbocycles. The fraction of sp³-hybridized carbons (Fsp3) is 0.111. The van der Waals surface area contributed by atoms with Crippen molar-refractivity contribution < 1.29 is 4.79 Å². The van der Waals surface area contributed by atoms with E-state index in [1.165, 1.54) is 0 Å². The topological polar surface area (TPSA) is 55.1 Å². The summed E-state index contributed by atoms with van der Waals surface area (Å²) in [6.45, 7) is 3.71. The Morgan fingerprint density at radius 3 is 2.42 bits per heavy atom. The molecule has 0 heterocycles. The lowest BCUT2D eigenvalue weighted by Gasteiger charge is -2.01. The summed E-state index contributed by atoms with van der Waals surface area (Å²) in [4.78, 5) is 10.5. The minimum atomic E-state index is -0.310. The van der Waals surface area contributed by atoms with Crippen LogP contribution in [0.4, 0.5) is 5.69 Å². The van der Waals surface area contributed by atoms with Gasteiger partial charge in [-0.2, -0.15) is 0 Å². The first-order chi connectivity index (χ1) is 5.72. The molecular formula is C9H11N2O. The molecule has 3 N–H and O–H groups in total. The lowest BCUT2D eigenvalue weighted by atomic mass is 10.2. The van der Waals surface area contributed by atoms with Crippen LogP contribution in [0.2, 0.25) is 0 Å². The van der Waals surface area contributed by atoms with E-state index in [1.54, 1.807) is 12.1 Å². The van der Waals surface area contributed by atoms with Gasteiger partial charge in [0.1, 0.15) is 0 Å². The molecule has 0 aliphatic carbocycles. The van der Waals surface area contributed by atoms with Crippen molar-refractivity contribution in [3.63, 3.8) is 0 Å². The van der Waals surface area contributed by atoms with Crippen LogP contribution in [0, 0.1) is 6.92 Å². The zero-order valence-electron chi connectivity index (χ0n) is 6.71. The number of hydrogen-bond acceptors (Lipinski definition) is 2. The number of anilines is 1. The Bertz CT molecular complexity index is 266. The van der Waals surface area contributed by atoms with Crippen molar-refractivity contribution in [3.8, 4) is 0 Å². The second-order valence-electron chi connectivity index (χ2n) is 2.45. The van der Waals surface area contributed by atoms with Gasteiger partial charge in [0.2, 0.25) is 5.91 Å². The fourth-order valence-electron chi connectivity index (χ4n) is 0.885. The molecule has 63 valence electrons. The molecule has 1 aromatic rings. The van der Waals surface area contributed by atoms with Crippen LogP contribution in [0.1, 0.15) is 5.56 Å². The number of nitrogens with two attached hydrogens (primary N) is 1. The van der Waals surface area contributed by atoms with Crippen molar-refractivity contribution in [1.29, 1.82) is 0 Å². The fourth-order valence-corrected chi connectivity index (χ4v) is 0.885. The largest absolute Gasteiger partial charge is 0.326 e. The van der Waals surface area contributed by atoms with E-state index < -0.39 is 0 Å². The lowest BCUT2D eigenvalue weighted by molar-refractivity contribution is -0.112. The standard InChI is InChI=1S/C9H11N2O/c1-7(12)11-9-4-2-8(6-10)3-5-9/h2-5H,1,6,10H2,(H,11,12). The molecule has 0 aliphatic heterocycles. The Balaban J connectivity index is 2.71. The van der Waals surface area contributed by atoms with Crippen LogP contribution in [0.5, 0.6) is 0 Å². The van der Waals surface area contributed by atoms with Crippen LogP contribution in [-0.2, 0) is 11.3 Å². The smallest absolute Gasteiger partial charge is 0.224 e. The van der Waals surface area contributed by atoms with Gasteiger partial charge >= 0.3 is 0 Å². The highest BCUT2D eigenvalue weighted by Gasteiger charge is 1.94. The highest BCUT2D eigenvalue weighted by Crippen LogP contribution is 2.08. The molecule has 0 atom stereocenters. The van der Waals surface area contributed by atoms with Crippen LogP contribution in [0.3, 0.4) is 0 Å². The Morgan fingerprint density at radius 2 is 2.00 bits per heavy atom. The first-order valence-electron chi connectivity index (χ1n) is 3.64. The monoisotopic (exact) mass is 163 g/mol. The number of carbonyl (C=O) groups is 1. The summed E-state index contributed by atoms with van der Waals surface area (Å²) in [5, 5.41) is 2.57. The van der Waals surface area contributed by atoms with Crippen molar-refractivity contribution in [2.24, 2.45) is 5.73 Å². The molecular weight excluding hydrogens is 152 g/mol. The van der Waals surface area contributed by atoms with Gasteiger partial charge in [-0.1, -0.05) is 12.1 Å². The molecule has 0 unspecified atom stereocenters. The number of rotatable bonds is 2. The summed E-state index contributed by atoms with van der Waals surface area (Å²) < 4.78 is 0. The molecule has 1 radical (unpaired) electrons. The molecule has 0 aliphatic rings. The zero-order chi connectivity index (χ0) is 8.97. The summed E-state index contributed by atoms with van der Waals surface area (Å²) in [5.41, 5.74) is 7.18. The van der Waals surface area contributed by atoms with E-state index in [-0.39, 0.29) is 5.91 Å². The zero-order valence-corrected chi connectivity index (χ0v) is 6.71. The van der Waals surface area contributed by atoms with Crippen molar-refractivity contribution >= 4 is 11.6 Å². The Hall–Kier alpha value is -1.35. The van der Waals surface area contributed by atoms with Gasteiger partial charge in [0, 0.05) is 19.2 Å². The van der Waals surface area contributed by atoms with Crippen molar-refractivity contribution in [2.75, 3.05) is 5.32 Å². The van der Waals surface area contributed by atoms with E-state index in [9.17, 15) is 4.79 Å². The summed E-state index contributed by atoms with van der Waals surface area (Å²) in [6.07, 6.45) is 0. The third kappa shape index (κ3) is 2.36. The first-order valence-corrected chi connectivity index (χ1v) is 3.64. The van der Waals surface area contributed by atoms with Gasteiger partial charge in [0.25, 0.3) is 0 Å². The van der Waals surface area contributed by atoms with Crippen LogP contribution >= 0.6 is 0 Å². The van der Waals surface area contributed by atoms with Gasteiger partial charge in [-0.05, 0) is 17.7 Å². The molecule has 1 rings (SSSR count). The van der Waals surface area contributed by atoms with Gasteiger partial charge < -0.3 is 11.1 Å². The second-order valence-corrected chi connectivity index (χ2v) is 2.45. The molecule has 0 spiro atoms. The summed E-state index contributed by atoms with van der Waals surface area (Å²) in [6, 6.07) is 7.33. The molecule has 0 bridgehead atoms. The van der Waals surface area contributed by atoms with Crippen molar-refractivity contribution in [3.05, 3.63) is 36.8 Å². The number of benzene rings is 1. The number of nitrogens with one attached hydrogen (secondary N) is 1. The minimum Gasteiger partial charge on any atom is -0.326 e. The average molecular weight is 163 g/mol. The second kappa shape index (κ2) is 3.88. The van der Waals surface area contributed by atoms with E-state index in [4.69, 9.17) is 5.73 Å². The molecule has 0 fully saturated rings. The predicted molar refractivity (Wildman–Crippen MR) is 48.3 cm³/mol. The maximum Gasteiger partial charge on any atom is 0.224 e. The Labute approximate surface area is 71.6 Å². The van der Waals surface area contributed by atoms with Crippen molar-refractivity contribution in [1.82, 2.24) is 0 Å². The summed E-state index contributed by atoms with van der Waals surface area (Å²) in [7, 11) is 0. The summed E-state index contributed by atoms with van der Waals surface area (Å²) >= 11 is 0. The lowest BCUT2D eigenvalue weighted by Crippen LogP contribution is -2.06. The van der Waals surface area contributed by atoms with E-state index in [2.05, 4.69) is 12.2 Å². The quantitative estimate of drug-likeness (QED) is 0.681. The van der Waals surface area contributed by atoms with Gasteiger partial charge in [-0.25, -0.2) is 0 Å². The molecule has 3 heteroatoms. The normalized spacial score (nSPS) is 9.50. The molecule has 0 saturated heterocycles. The Morgan fingerprint density at radius 1 is 1.42 bits per heavy atom. The maximum absolute atomic E-state index is 10.5. The number of hydrogen-bond donors (Lipinski definition) is 2. The number of carbonyl (C=O) groups excluding carboxylic acids is 1. The number of amides is 1. The van der Waals surface area contributed by atoms with E-state index in [0.29, 0.717) is 6.54 Å². The average Bonchev–Trinajstić information content (AvgIpc) is 2.05. The SMILES string of the molecule is [CH2]C(=O)Nc1ccc(CN)cc1. The predicted octanol–water partition coefficient (Wildman–Crippen LogP) is 0.918. The maximum atomic E-state index is 10.5. The molecule has 0 aromatic heterocycles.